The van der Waals surface area contributed by atoms with E-state index in [-0.39, 0.29) is 0 Å². The van der Waals surface area contributed by atoms with Crippen LogP contribution in [0.15, 0.2) is 200 Å². The van der Waals surface area contributed by atoms with Crippen LogP contribution in [0.1, 0.15) is 0 Å². The highest BCUT2D eigenvalue weighted by Gasteiger charge is 2.15. The summed E-state index contributed by atoms with van der Waals surface area (Å²) in [6.45, 7) is 0. The van der Waals surface area contributed by atoms with E-state index in [1.807, 2.05) is 67.0 Å². The SMILES string of the molecule is c1ccc(-c2nc(-c3ccc(-c4cccc(-c5ccc6c7ccccc7n(-c7ccccc7)c6c5)c4)cc3)nc(-c3cccc(-c4ccncc4)c3)n2)cc1. The first-order chi connectivity index (χ1) is 27.2. The first kappa shape index (κ1) is 32.2. The minimum Gasteiger partial charge on any atom is -0.309 e. The van der Waals surface area contributed by atoms with E-state index >= 15 is 0 Å². The lowest BCUT2D eigenvalue weighted by Gasteiger charge is -2.11. The highest BCUT2D eigenvalue weighted by Crippen LogP contribution is 2.36. The number of rotatable bonds is 7. The van der Waals surface area contributed by atoms with Crippen molar-refractivity contribution >= 4 is 21.8 Å². The molecule has 5 nitrogen and oxygen atoms in total. The van der Waals surface area contributed by atoms with Gasteiger partial charge >= 0.3 is 0 Å². The second kappa shape index (κ2) is 13.8. The molecule has 5 heteroatoms. The molecule has 0 bridgehead atoms. The molecular weight excluding hydrogens is 671 g/mol. The van der Waals surface area contributed by atoms with Crippen molar-refractivity contribution in [2.24, 2.45) is 0 Å². The van der Waals surface area contributed by atoms with Gasteiger partial charge in [0, 0.05) is 45.5 Å². The summed E-state index contributed by atoms with van der Waals surface area (Å²) in [6.07, 6.45) is 3.62. The summed E-state index contributed by atoms with van der Waals surface area (Å²) in [5, 5.41) is 2.50. The van der Waals surface area contributed by atoms with Gasteiger partial charge in [0.15, 0.2) is 17.5 Å². The minimum atomic E-state index is 0.625. The minimum absolute atomic E-state index is 0.625. The topological polar surface area (TPSA) is 56.5 Å². The Bertz CT molecular complexity index is 2950. The van der Waals surface area contributed by atoms with Crippen LogP contribution in [0, 0.1) is 0 Å². The average Bonchev–Trinajstić information content (AvgIpc) is 3.61. The van der Waals surface area contributed by atoms with E-state index < -0.39 is 0 Å². The van der Waals surface area contributed by atoms with Crippen LogP contribution in [0.25, 0.3) is 95.0 Å². The molecule has 0 fully saturated rings. The largest absolute Gasteiger partial charge is 0.309 e. The molecule has 0 N–H and O–H groups in total. The summed E-state index contributed by atoms with van der Waals surface area (Å²) in [7, 11) is 0. The third kappa shape index (κ3) is 6.14. The van der Waals surface area contributed by atoms with Gasteiger partial charge in [0.2, 0.25) is 0 Å². The van der Waals surface area contributed by atoms with Crippen molar-refractivity contribution in [2.45, 2.75) is 0 Å². The summed E-state index contributed by atoms with van der Waals surface area (Å²) in [5.41, 5.74) is 13.1. The molecule has 0 unspecified atom stereocenters. The third-order valence-corrected chi connectivity index (χ3v) is 10.2. The lowest BCUT2D eigenvalue weighted by Crippen LogP contribution is -2.00. The summed E-state index contributed by atoms with van der Waals surface area (Å²) >= 11 is 0. The summed E-state index contributed by atoms with van der Waals surface area (Å²) in [6, 6.07) is 65.8. The van der Waals surface area contributed by atoms with E-state index in [9.17, 15) is 0 Å². The van der Waals surface area contributed by atoms with Crippen molar-refractivity contribution in [1.82, 2.24) is 24.5 Å². The fraction of sp³-hybridized carbons (Fsp3) is 0. The molecule has 0 atom stereocenters. The van der Waals surface area contributed by atoms with Gasteiger partial charge in [-0.2, -0.15) is 0 Å². The fourth-order valence-electron chi connectivity index (χ4n) is 7.43. The van der Waals surface area contributed by atoms with Gasteiger partial charge in [-0.25, -0.2) is 15.0 Å². The maximum absolute atomic E-state index is 5.02. The van der Waals surface area contributed by atoms with E-state index in [2.05, 4.69) is 143 Å². The van der Waals surface area contributed by atoms with E-state index in [0.717, 1.165) is 50.2 Å². The van der Waals surface area contributed by atoms with Gasteiger partial charge in [-0.3, -0.25) is 4.98 Å². The van der Waals surface area contributed by atoms with Crippen molar-refractivity contribution in [3.05, 3.63) is 200 Å². The number of para-hydroxylation sites is 2. The van der Waals surface area contributed by atoms with Gasteiger partial charge in [0.25, 0.3) is 0 Å². The lowest BCUT2D eigenvalue weighted by molar-refractivity contribution is 1.07. The highest BCUT2D eigenvalue weighted by atomic mass is 15.0. The Kier molecular flexibility index (Phi) is 8.08. The zero-order valence-corrected chi connectivity index (χ0v) is 29.8. The van der Waals surface area contributed by atoms with Crippen LogP contribution in [0.5, 0.6) is 0 Å². The molecular formula is C50H33N5. The molecule has 10 rings (SSSR count). The van der Waals surface area contributed by atoms with Crippen LogP contribution in [-0.4, -0.2) is 24.5 Å². The first-order valence-corrected chi connectivity index (χ1v) is 18.4. The van der Waals surface area contributed by atoms with E-state index in [1.54, 1.807) is 0 Å². The Morgan fingerprint density at radius 3 is 1.45 bits per heavy atom. The second-order valence-electron chi connectivity index (χ2n) is 13.6. The van der Waals surface area contributed by atoms with Gasteiger partial charge in [-0.05, 0) is 81.9 Å². The number of fused-ring (bicyclic) bond motifs is 3. The molecule has 0 saturated heterocycles. The number of aromatic nitrogens is 5. The van der Waals surface area contributed by atoms with E-state index in [4.69, 9.17) is 15.0 Å². The van der Waals surface area contributed by atoms with Gasteiger partial charge < -0.3 is 4.57 Å². The summed E-state index contributed by atoms with van der Waals surface area (Å²) in [4.78, 5) is 19.1. The molecule has 0 spiro atoms. The van der Waals surface area contributed by atoms with Crippen LogP contribution in [-0.2, 0) is 0 Å². The standard InChI is InChI=1S/C50H33N5/c1-3-11-36(12-4-1)48-52-49(54-50(53-48)42-16-10-14-39(32-42)35-27-29-51-30-28-35)37-23-21-34(22-24-37)38-13-9-15-40(31-38)41-25-26-45-44-19-7-8-20-46(44)55(47(45)33-41)43-17-5-2-6-18-43/h1-33H. The Morgan fingerprint density at radius 2 is 0.745 bits per heavy atom. The molecule has 0 aliphatic carbocycles. The molecule has 0 radical (unpaired) electrons. The predicted octanol–water partition coefficient (Wildman–Crippen LogP) is 12.4. The normalized spacial score (nSPS) is 11.3. The third-order valence-electron chi connectivity index (χ3n) is 10.2. The molecule has 0 aliphatic rings. The molecule has 0 aliphatic heterocycles. The molecule has 55 heavy (non-hydrogen) atoms. The molecule has 0 amide bonds. The molecule has 7 aromatic carbocycles. The molecule has 258 valence electrons. The summed E-state index contributed by atoms with van der Waals surface area (Å²) < 4.78 is 2.37. The Hall–Kier alpha value is -7.50. The molecule has 3 heterocycles. The van der Waals surface area contributed by atoms with Crippen LogP contribution < -0.4 is 0 Å². The zero-order valence-electron chi connectivity index (χ0n) is 29.8. The number of hydrogen-bond donors (Lipinski definition) is 0. The Balaban J connectivity index is 1.01. The van der Waals surface area contributed by atoms with Crippen LogP contribution in [0.3, 0.4) is 0 Å². The number of pyridine rings is 1. The van der Waals surface area contributed by atoms with Crippen molar-refractivity contribution in [2.75, 3.05) is 0 Å². The maximum atomic E-state index is 5.02. The molecule has 3 aromatic heterocycles. The predicted molar refractivity (Wildman–Crippen MR) is 225 cm³/mol. The number of hydrogen-bond acceptors (Lipinski definition) is 4. The van der Waals surface area contributed by atoms with Crippen molar-refractivity contribution in [3.63, 3.8) is 0 Å². The van der Waals surface area contributed by atoms with Gasteiger partial charge in [-0.1, -0.05) is 140 Å². The molecule has 0 saturated carbocycles. The highest BCUT2D eigenvalue weighted by molar-refractivity contribution is 6.10. The average molecular weight is 704 g/mol. The Morgan fingerprint density at radius 1 is 0.291 bits per heavy atom. The monoisotopic (exact) mass is 703 g/mol. The maximum Gasteiger partial charge on any atom is 0.164 e. The fourth-order valence-corrected chi connectivity index (χ4v) is 7.43. The smallest absolute Gasteiger partial charge is 0.164 e. The van der Waals surface area contributed by atoms with Crippen molar-refractivity contribution in [1.29, 1.82) is 0 Å². The first-order valence-electron chi connectivity index (χ1n) is 18.4. The van der Waals surface area contributed by atoms with E-state index in [0.29, 0.717) is 17.5 Å². The lowest BCUT2D eigenvalue weighted by atomic mass is 9.97. The number of benzene rings is 7. The van der Waals surface area contributed by atoms with Crippen molar-refractivity contribution in [3.8, 4) is 73.2 Å². The van der Waals surface area contributed by atoms with Gasteiger partial charge in [-0.15, -0.1) is 0 Å². The Labute approximate surface area is 318 Å². The van der Waals surface area contributed by atoms with E-state index in [1.165, 1.54) is 27.4 Å². The van der Waals surface area contributed by atoms with Gasteiger partial charge in [0.1, 0.15) is 0 Å². The van der Waals surface area contributed by atoms with Crippen LogP contribution in [0.2, 0.25) is 0 Å². The quantitative estimate of drug-likeness (QED) is 0.166. The van der Waals surface area contributed by atoms with Crippen LogP contribution >= 0.6 is 0 Å². The number of nitrogens with zero attached hydrogens (tertiary/aromatic N) is 5. The van der Waals surface area contributed by atoms with Crippen molar-refractivity contribution < 1.29 is 0 Å². The van der Waals surface area contributed by atoms with Crippen LogP contribution in [0.4, 0.5) is 0 Å². The molecule has 10 aromatic rings. The zero-order chi connectivity index (χ0) is 36.6. The second-order valence-corrected chi connectivity index (χ2v) is 13.6. The summed E-state index contributed by atoms with van der Waals surface area (Å²) in [5.74, 6) is 1.88. The van der Waals surface area contributed by atoms with Gasteiger partial charge in [0.05, 0.1) is 11.0 Å².